The molecule has 0 spiro atoms. The van der Waals surface area contributed by atoms with E-state index in [1.807, 2.05) is 23.2 Å². The van der Waals surface area contributed by atoms with Gasteiger partial charge in [0.25, 0.3) is 5.91 Å². The Labute approximate surface area is 193 Å². The van der Waals surface area contributed by atoms with Crippen LogP contribution >= 0.6 is 0 Å². The Morgan fingerprint density at radius 3 is 2.67 bits per heavy atom. The van der Waals surface area contributed by atoms with Crippen LogP contribution in [0.1, 0.15) is 60.7 Å². The summed E-state index contributed by atoms with van der Waals surface area (Å²) in [7, 11) is 2.96. The predicted octanol–water partition coefficient (Wildman–Crippen LogP) is 3.67. The van der Waals surface area contributed by atoms with Gasteiger partial charge in [0.1, 0.15) is 11.5 Å². The zero-order chi connectivity index (χ0) is 23.2. The second kappa shape index (κ2) is 10.3. The normalized spacial score (nSPS) is 15.8. The van der Waals surface area contributed by atoms with Crippen molar-refractivity contribution in [2.75, 3.05) is 20.8 Å². The molecule has 0 bridgehead atoms. The summed E-state index contributed by atoms with van der Waals surface area (Å²) in [5.41, 5.74) is 2.99. The molecular weight excluding hydrogens is 420 g/mol. The Bertz CT molecular complexity index is 1090. The fraction of sp³-hybridized carbons (Fsp3) is 0.417. The summed E-state index contributed by atoms with van der Waals surface area (Å²) in [6, 6.07) is 5.33. The molecule has 1 aliphatic rings. The molecule has 1 atom stereocenters. The second-order valence-corrected chi connectivity index (χ2v) is 7.86. The minimum absolute atomic E-state index is 0.0935. The molecular formula is C24H28N6O3. The van der Waals surface area contributed by atoms with Crippen LogP contribution in [0.5, 0.6) is 11.9 Å². The highest BCUT2D eigenvalue weighted by Gasteiger charge is 2.33. The fourth-order valence-electron chi connectivity index (χ4n) is 4.10. The molecule has 3 aromatic heterocycles. The van der Waals surface area contributed by atoms with E-state index in [4.69, 9.17) is 14.5 Å². The highest BCUT2D eigenvalue weighted by Crippen LogP contribution is 2.36. The third-order valence-corrected chi connectivity index (χ3v) is 5.71. The summed E-state index contributed by atoms with van der Waals surface area (Å²) >= 11 is 0. The van der Waals surface area contributed by atoms with Gasteiger partial charge in [0.15, 0.2) is 0 Å². The molecule has 4 heterocycles. The summed E-state index contributed by atoms with van der Waals surface area (Å²) in [5.74, 6) is 0.868. The zero-order valence-corrected chi connectivity index (χ0v) is 19.2. The maximum absolute atomic E-state index is 13.6. The van der Waals surface area contributed by atoms with E-state index in [1.165, 1.54) is 14.2 Å². The number of likely N-dealkylation sites (tertiary alicyclic amines) is 1. The smallest absolute Gasteiger partial charge is 0.320 e. The molecule has 1 unspecified atom stereocenters. The number of rotatable bonds is 7. The second-order valence-electron chi connectivity index (χ2n) is 7.86. The number of nitrogens with zero attached hydrogens (tertiary/aromatic N) is 6. The first-order chi connectivity index (χ1) is 16.1. The maximum atomic E-state index is 13.6. The van der Waals surface area contributed by atoms with Crippen molar-refractivity contribution in [1.82, 2.24) is 29.8 Å². The number of amides is 1. The Morgan fingerprint density at radius 1 is 1.12 bits per heavy atom. The van der Waals surface area contributed by atoms with E-state index in [9.17, 15) is 4.79 Å². The Kier molecular flexibility index (Phi) is 7.07. The van der Waals surface area contributed by atoms with Gasteiger partial charge in [-0.3, -0.25) is 9.78 Å². The number of hydrogen-bond acceptors (Lipinski definition) is 8. The van der Waals surface area contributed by atoms with Gasteiger partial charge in [-0.05, 0) is 43.4 Å². The van der Waals surface area contributed by atoms with Crippen molar-refractivity contribution in [3.8, 4) is 23.0 Å². The molecule has 0 N–H and O–H groups in total. The predicted molar refractivity (Wildman–Crippen MR) is 122 cm³/mol. The molecule has 1 fully saturated rings. The molecule has 172 valence electrons. The van der Waals surface area contributed by atoms with Crippen molar-refractivity contribution in [2.24, 2.45) is 0 Å². The highest BCUT2D eigenvalue weighted by molar-refractivity contribution is 5.93. The van der Waals surface area contributed by atoms with Crippen molar-refractivity contribution in [3.63, 3.8) is 0 Å². The molecule has 1 aliphatic heterocycles. The van der Waals surface area contributed by atoms with E-state index in [2.05, 4.69) is 26.9 Å². The number of ether oxygens (including phenoxy) is 2. The lowest BCUT2D eigenvalue weighted by molar-refractivity contribution is 0.0598. The minimum atomic E-state index is -0.199. The maximum Gasteiger partial charge on any atom is 0.320 e. The summed E-state index contributed by atoms with van der Waals surface area (Å²) in [6.45, 7) is 2.72. The minimum Gasteiger partial charge on any atom is -0.481 e. The number of aromatic nitrogens is 5. The average Bonchev–Trinajstić information content (AvgIpc) is 2.88. The zero-order valence-electron chi connectivity index (χ0n) is 19.2. The van der Waals surface area contributed by atoms with Crippen LogP contribution in [0.25, 0.3) is 11.1 Å². The molecule has 0 aromatic carbocycles. The van der Waals surface area contributed by atoms with Crippen LogP contribution in [0.4, 0.5) is 0 Å². The molecule has 0 saturated carbocycles. The molecule has 9 heteroatoms. The van der Waals surface area contributed by atoms with E-state index in [0.717, 1.165) is 54.7 Å². The number of hydrogen-bond donors (Lipinski definition) is 0. The topological polar surface area (TPSA) is 103 Å². The average molecular weight is 449 g/mol. The molecule has 0 radical (unpaired) electrons. The first kappa shape index (κ1) is 22.6. The van der Waals surface area contributed by atoms with Gasteiger partial charge in [0, 0.05) is 43.2 Å². The lowest BCUT2D eigenvalue weighted by Crippen LogP contribution is -2.39. The number of aryl methyl sites for hydroxylation is 1. The summed E-state index contributed by atoms with van der Waals surface area (Å²) in [6.07, 6.45) is 9.84. The molecule has 33 heavy (non-hydrogen) atoms. The standard InChI is InChI=1S/C24H28N6O3/c1-4-7-20-26-15-17(16-9-11-25-12-10-16)22(28-20)19-8-5-6-13-30(19)23(31)18-14-21(32-2)29-24(27-18)33-3/h9-12,14-15,19H,4-8,13H2,1-3H3. The van der Waals surface area contributed by atoms with E-state index in [-0.39, 0.29) is 29.5 Å². The number of carbonyl (C=O) groups is 1. The van der Waals surface area contributed by atoms with Crippen molar-refractivity contribution < 1.29 is 14.3 Å². The molecule has 1 saturated heterocycles. The van der Waals surface area contributed by atoms with Gasteiger partial charge < -0.3 is 14.4 Å². The van der Waals surface area contributed by atoms with Crippen LogP contribution in [-0.2, 0) is 6.42 Å². The van der Waals surface area contributed by atoms with Crippen LogP contribution < -0.4 is 9.47 Å². The van der Waals surface area contributed by atoms with Crippen molar-refractivity contribution >= 4 is 5.91 Å². The van der Waals surface area contributed by atoms with Gasteiger partial charge in [-0.1, -0.05) is 6.92 Å². The van der Waals surface area contributed by atoms with Gasteiger partial charge in [-0.2, -0.15) is 9.97 Å². The van der Waals surface area contributed by atoms with Gasteiger partial charge in [-0.15, -0.1) is 0 Å². The first-order valence-corrected chi connectivity index (χ1v) is 11.2. The number of methoxy groups -OCH3 is 2. The van der Waals surface area contributed by atoms with E-state index in [0.29, 0.717) is 6.54 Å². The van der Waals surface area contributed by atoms with E-state index >= 15 is 0 Å². The summed E-state index contributed by atoms with van der Waals surface area (Å²) in [5, 5.41) is 0. The van der Waals surface area contributed by atoms with Gasteiger partial charge in [0.05, 0.1) is 26.0 Å². The van der Waals surface area contributed by atoms with Crippen LogP contribution in [0.2, 0.25) is 0 Å². The number of pyridine rings is 1. The van der Waals surface area contributed by atoms with Crippen molar-refractivity contribution in [2.45, 2.75) is 45.1 Å². The van der Waals surface area contributed by atoms with Gasteiger partial charge in [-0.25, -0.2) is 9.97 Å². The molecule has 1 amide bonds. The van der Waals surface area contributed by atoms with Crippen LogP contribution in [0.15, 0.2) is 36.8 Å². The summed E-state index contributed by atoms with van der Waals surface area (Å²) in [4.78, 5) is 37.6. The Balaban J connectivity index is 1.77. The monoisotopic (exact) mass is 448 g/mol. The van der Waals surface area contributed by atoms with Crippen molar-refractivity contribution in [1.29, 1.82) is 0 Å². The molecule has 0 aliphatic carbocycles. The highest BCUT2D eigenvalue weighted by atomic mass is 16.5. The lowest BCUT2D eigenvalue weighted by Gasteiger charge is -2.36. The number of piperidine rings is 1. The largest absolute Gasteiger partial charge is 0.481 e. The quantitative estimate of drug-likeness (QED) is 0.539. The SMILES string of the molecule is CCCc1ncc(-c2ccncc2)c(C2CCCCN2C(=O)c2cc(OC)nc(OC)n2)n1. The van der Waals surface area contributed by atoms with Crippen LogP contribution in [0.3, 0.4) is 0 Å². The molecule has 4 rings (SSSR count). The fourth-order valence-corrected chi connectivity index (χ4v) is 4.10. The van der Waals surface area contributed by atoms with Gasteiger partial charge in [0.2, 0.25) is 5.88 Å². The third-order valence-electron chi connectivity index (χ3n) is 5.71. The third kappa shape index (κ3) is 4.92. The Morgan fingerprint density at radius 2 is 1.94 bits per heavy atom. The summed E-state index contributed by atoms with van der Waals surface area (Å²) < 4.78 is 10.4. The first-order valence-electron chi connectivity index (χ1n) is 11.2. The molecule has 3 aromatic rings. The van der Waals surface area contributed by atoms with Crippen molar-refractivity contribution in [3.05, 3.63) is 54.0 Å². The number of carbonyl (C=O) groups excluding carboxylic acids is 1. The van der Waals surface area contributed by atoms with Crippen LogP contribution in [-0.4, -0.2) is 56.5 Å². The van der Waals surface area contributed by atoms with E-state index in [1.54, 1.807) is 18.5 Å². The van der Waals surface area contributed by atoms with Crippen LogP contribution in [0, 0.1) is 0 Å². The molecule has 9 nitrogen and oxygen atoms in total. The lowest BCUT2D eigenvalue weighted by atomic mass is 9.93. The van der Waals surface area contributed by atoms with E-state index < -0.39 is 0 Å². The Hall–Kier alpha value is -3.62. The van der Waals surface area contributed by atoms with Gasteiger partial charge >= 0.3 is 6.01 Å².